The molecule has 1 saturated carbocycles. The van der Waals surface area contributed by atoms with Crippen molar-refractivity contribution >= 4 is 0 Å². The number of methoxy groups -OCH3 is 1. The summed E-state index contributed by atoms with van der Waals surface area (Å²) < 4.78 is 5.26. The van der Waals surface area contributed by atoms with E-state index in [1.807, 2.05) is 12.1 Å². The van der Waals surface area contributed by atoms with Gasteiger partial charge in [-0.15, -0.1) is 0 Å². The molecule has 3 heteroatoms. The molecule has 0 radical (unpaired) electrons. The Labute approximate surface area is 116 Å². The second-order valence-corrected chi connectivity index (χ2v) is 5.65. The maximum absolute atomic E-state index is 5.69. The first-order valence-electron chi connectivity index (χ1n) is 7.41. The summed E-state index contributed by atoms with van der Waals surface area (Å²) in [5.41, 5.74) is 4.26. The lowest BCUT2D eigenvalue weighted by Crippen LogP contribution is -2.37. The van der Waals surface area contributed by atoms with E-state index in [9.17, 15) is 0 Å². The molecular formula is C16H26N2O. The van der Waals surface area contributed by atoms with E-state index in [4.69, 9.17) is 10.6 Å². The minimum Gasteiger partial charge on any atom is -0.497 e. The summed E-state index contributed by atoms with van der Waals surface area (Å²) >= 11 is 0. The molecule has 3 N–H and O–H groups in total. The smallest absolute Gasteiger partial charge is 0.119 e. The van der Waals surface area contributed by atoms with Crippen LogP contribution in [0.5, 0.6) is 5.75 Å². The van der Waals surface area contributed by atoms with Gasteiger partial charge in [0.05, 0.1) is 7.11 Å². The van der Waals surface area contributed by atoms with Crippen LogP contribution in [-0.2, 0) is 6.42 Å². The van der Waals surface area contributed by atoms with Crippen molar-refractivity contribution < 1.29 is 4.74 Å². The van der Waals surface area contributed by atoms with Gasteiger partial charge in [0.25, 0.3) is 0 Å². The van der Waals surface area contributed by atoms with E-state index < -0.39 is 0 Å². The highest BCUT2D eigenvalue weighted by Gasteiger charge is 2.17. The molecule has 0 aromatic heterocycles. The van der Waals surface area contributed by atoms with Crippen molar-refractivity contribution in [3.63, 3.8) is 0 Å². The molecule has 1 aliphatic rings. The van der Waals surface area contributed by atoms with Crippen molar-refractivity contribution in [3.05, 3.63) is 29.8 Å². The second-order valence-electron chi connectivity index (χ2n) is 5.65. The third kappa shape index (κ3) is 4.51. The first-order valence-corrected chi connectivity index (χ1v) is 7.41. The molecule has 106 valence electrons. The molecule has 0 bridgehead atoms. The molecule has 1 atom stereocenters. The number of benzene rings is 1. The Morgan fingerprint density at radius 3 is 2.84 bits per heavy atom. The van der Waals surface area contributed by atoms with E-state index in [0.29, 0.717) is 6.04 Å². The van der Waals surface area contributed by atoms with E-state index in [2.05, 4.69) is 17.6 Å². The Hall–Kier alpha value is -1.06. The molecule has 0 amide bonds. The Morgan fingerprint density at radius 1 is 1.37 bits per heavy atom. The van der Waals surface area contributed by atoms with Gasteiger partial charge in [0.2, 0.25) is 0 Å². The molecule has 1 fully saturated rings. The largest absolute Gasteiger partial charge is 0.497 e. The monoisotopic (exact) mass is 262 g/mol. The van der Waals surface area contributed by atoms with Gasteiger partial charge in [-0.3, -0.25) is 11.3 Å². The zero-order valence-electron chi connectivity index (χ0n) is 11.9. The Balaban J connectivity index is 1.83. The highest BCUT2D eigenvalue weighted by Crippen LogP contribution is 2.29. The van der Waals surface area contributed by atoms with Gasteiger partial charge in [0.1, 0.15) is 5.75 Å². The second kappa shape index (κ2) is 7.51. The Morgan fingerprint density at radius 2 is 2.16 bits per heavy atom. The fourth-order valence-corrected chi connectivity index (χ4v) is 3.06. The minimum absolute atomic E-state index is 0.368. The quantitative estimate of drug-likeness (QED) is 0.586. The third-order valence-electron chi connectivity index (χ3n) is 4.25. The fourth-order valence-electron chi connectivity index (χ4n) is 3.06. The molecular weight excluding hydrogens is 236 g/mol. The van der Waals surface area contributed by atoms with Crippen LogP contribution >= 0.6 is 0 Å². The molecule has 2 rings (SSSR count). The van der Waals surface area contributed by atoms with E-state index in [1.165, 1.54) is 44.1 Å². The van der Waals surface area contributed by atoms with Crippen molar-refractivity contribution in [1.29, 1.82) is 0 Å². The van der Waals surface area contributed by atoms with Crippen LogP contribution in [0, 0.1) is 5.92 Å². The number of hydrazine groups is 1. The standard InChI is InChI=1S/C16H26N2O/c1-19-16-8-4-7-14(12-16)11-15(18-17)10-9-13-5-2-3-6-13/h4,7-8,12-13,15,18H,2-3,5-6,9-11,17H2,1H3. The van der Waals surface area contributed by atoms with Crippen LogP contribution in [0.3, 0.4) is 0 Å². The zero-order chi connectivity index (χ0) is 13.5. The number of hydrogen-bond donors (Lipinski definition) is 2. The minimum atomic E-state index is 0.368. The van der Waals surface area contributed by atoms with Crippen molar-refractivity contribution in [2.24, 2.45) is 11.8 Å². The number of nitrogens with one attached hydrogen (secondary N) is 1. The summed E-state index contributed by atoms with van der Waals surface area (Å²) in [6, 6.07) is 8.63. The SMILES string of the molecule is COc1cccc(CC(CCC2CCCC2)NN)c1. The molecule has 1 aromatic carbocycles. The first-order chi connectivity index (χ1) is 9.31. The van der Waals surface area contributed by atoms with Crippen molar-refractivity contribution in [3.8, 4) is 5.75 Å². The van der Waals surface area contributed by atoms with E-state index >= 15 is 0 Å². The van der Waals surface area contributed by atoms with Crippen molar-refractivity contribution in [2.45, 2.75) is 51.0 Å². The lowest BCUT2D eigenvalue weighted by molar-refractivity contribution is 0.403. The summed E-state index contributed by atoms with van der Waals surface area (Å²) in [4.78, 5) is 0. The van der Waals surface area contributed by atoms with Gasteiger partial charge in [-0.05, 0) is 42.9 Å². The van der Waals surface area contributed by atoms with Gasteiger partial charge in [-0.1, -0.05) is 37.8 Å². The zero-order valence-corrected chi connectivity index (χ0v) is 11.9. The van der Waals surface area contributed by atoms with Gasteiger partial charge in [0.15, 0.2) is 0 Å². The molecule has 1 unspecified atom stereocenters. The number of ether oxygens (including phenoxy) is 1. The fraction of sp³-hybridized carbons (Fsp3) is 0.625. The molecule has 0 saturated heterocycles. The van der Waals surface area contributed by atoms with Gasteiger partial charge >= 0.3 is 0 Å². The van der Waals surface area contributed by atoms with Crippen LogP contribution in [0.4, 0.5) is 0 Å². The molecule has 0 spiro atoms. The highest BCUT2D eigenvalue weighted by atomic mass is 16.5. The lowest BCUT2D eigenvalue weighted by atomic mass is 9.95. The predicted octanol–water partition coefficient (Wildman–Crippen LogP) is 3.04. The number of rotatable bonds is 7. The van der Waals surface area contributed by atoms with Gasteiger partial charge in [-0.25, -0.2) is 0 Å². The van der Waals surface area contributed by atoms with Crippen molar-refractivity contribution in [2.75, 3.05) is 7.11 Å². The van der Waals surface area contributed by atoms with Crippen LogP contribution < -0.4 is 16.0 Å². The first kappa shape index (κ1) is 14.4. The van der Waals surface area contributed by atoms with E-state index in [-0.39, 0.29) is 0 Å². The lowest BCUT2D eigenvalue weighted by Gasteiger charge is -2.18. The summed E-state index contributed by atoms with van der Waals surface area (Å²) in [5, 5.41) is 0. The molecule has 19 heavy (non-hydrogen) atoms. The maximum atomic E-state index is 5.69. The highest BCUT2D eigenvalue weighted by molar-refractivity contribution is 5.28. The normalized spacial score (nSPS) is 17.6. The summed E-state index contributed by atoms with van der Waals surface area (Å²) in [7, 11) is 1.71. The molecule has 1 aliphatic carbocycles. The molecule has 1 aromatic rings. The predicted molar refractivity (Wildman–Crippen MR) is 79.0 cm³/mol. The topological polar surface area (TPSA) is 47.3 Å². The van der Waals surface area contributed by atoms with Gasteiger partial charge in [-0.2, -0.15) is 0 Å². The van der Waals surface area contributed by atoms with E-state index in [1.54, 1.807) is 7.11 Å². The van der Waals surface area contributed by atoms with Crippen LogP contribution in [0.1, 0.15) is 44.1 Å². The van der Waals surface area contributed by atoms with Gasteiger partial charge in [0, 0.05) is 6.04 Å². The van der Waals surface area contributed by atoms with Crippen LogP contribution in [0.15, 0.2) is 24.3 Å². The van der Waals surface area contributed by atoms with E-state index in [0.717, 1.165) is 18.1 Å². The maximum Gasteiger partial charge on any atom is 0.119 e. The Kier molecular flexibility index (Phi) is 5.67. The summed E-state index contributed by atoms with van der Waals surface area (Å²) in [6.45, 7) is 0. The van der Waals surface area contributed by atoms with Crippen LogP contribution in [0.25, 0.3) is 0 Å². The number of hydrogen-bond acceptors (Lipinski definition) is 3. The summed E-state index contributed by atoms with van der Waals surface area (Å²) in [5.74, 6) is 7.55. The molecule has 0 aliphatic heterocycles. The van der Waals surface area contributed by atoms with Crippen LogP contribution in [-0.4, -0.2) is 13.2 Å². The molecule has 0 heterocycles. The Bertz CT molecular complexity index is 375. The molecule has 3 nitrogen and oxygen atoms in total. The van der Waals surface area contributed by atoms with Crippen LogP contribution in [0.2, 0.25) is 0 Å². The number of nitrogens with two attached hydrogens (primary N) is 1. The van der Waals surface area contributed by atoms with Crippen molar-refractivity contribution in [1.82, 2.24) is 5.43 Å². The average molecular weight is 262 g/mol. The summed E-state index contributed by atoms with van der Waals surface area (Å²) in [6.07, 6.45) is 9.10. The third-order valence-corrected chi connectivity index (χ3v) is 4.25. The average Bonchev–Trinajstić information content (AvgIpc) is 2.97. The van der Waals surface area contributed by atoms with Gasteiger partial charge < -0.3 is 4.74 Å².